The number of fused-ring (bicyclic) bond motifs is 1. The number of carbonyl (C=O) groups is 1. The molecular weight excluding hydrogens is 477 g/mol. The summed E-state index contributed by atoms with van der Waals surface area (Å²) in [6.07, 6.45) is 6.66. The summed E-state index contributed by atoms with van der Waals surface area (Å²) >= 11 is 0. The van der Waals surface area contributed by atoms with Gasteiger partial charge in [0.05, 0.1) is 6.20 Å². The van der Waals surface area contributed by atoms with Crippen molar-refractivity contribution in [2.45, 2.75) is 56.3 Å². The number of aromatic nitrogens is 6. The maximum atomic E-state index is 15.2. The lowest BCUT2D eigenvalue weighted by atomic mass is 10.0. The number of H-pyrrole nitrogens is 1. The summed E-state index contributed by atoms with van der Waals surface area (Å²) in [7, 11) is 0. The number of amides is 1. The van der Waals surface area contributed by atoms with Crippen LogP contribution < -0.4 is 10.6 Å². The molecule has 0 bridgehead atoms. The summed E-state index contributed by atoms with van der Waals surface area (Å²) < 4.78 is 22.3. The Kier molecular flexibility index (Phi) is 5.48. The Morgan fingerprint density at radius 3 is 2.97 bits per heavy atom. The molecule has 11 nitrogen and oxygen atoms in total. The van der Waals surface area contributed by atoms with E-state index in [0.29, 0.717) is 35.9 Å². The van der Waals surface area contributed by atoms with Crippen molar-refractivity contribution in [3.63, 3.8) is 0 Å². The average molecular weight is 502 g/mol. The van der Waals surface area contributed by atoms with Crippen molar-refractivity contribution in [3.8, 4) is 17.2 Å². The SMILES string of the molecule is CC1(NC(=O)O[C@@H]2CC[C@H](c3cc(Nc4ncc(-c5cccnc5)c5nc(C#N)cn45)n[nH]3)[C@@H]2F)CC1. The fraction of sp³-hybridized carbons (Fsp3) is 0.360. The molecule has 0 spiro atoms. The lowest BCUT2D eigenvalue weighted by Crippen LogP contribution is -2.38. The average Bonchev–Trinajstić information content (AvgIpc) is 3.25. The van der Waals surface area contributed by atoms with Gasteiger partial charge in [0.2, 0.25) is 5.95 Å². The number of alkyl halides is 1. The third-order valence-electron chi connectivity index (χ3n) is 6.98. The molecular formula is C25H24FN9O2. The zero-order valence-electron chi connectivity index (χ0n) is 20.0. The number of hydrogen-bond acceptors (Lipinski definition) is 8. The van der Waals surface area contributed by atoms with Crippen LogP contribution >= 0.6 is 0 Å². The normalized spacial score (nSPS) is 21.9. The van der Waals surface area contributed by atoms with E-state index in [1.165, 1.54) is 0 Å². The fourth-order valence-electron chi connectivity index (χ4n) is 4.65. The minimum Gasteiger partial charge on any atom is -0.443 e. The number of halogens is 1. The van der Waals surface area contributed by atoms with Gasteiger partial charge in [0, 0.05) is 52.9 Å². The van der Waals surface area contributed by atoms with Crippen LogP contribution in [0.5, 0.6) is 0 Å². The molecule has 4 aromatic rings. The number of pyridine rings is 1. The lowest BCUT2D eigenvalue weighted by molar-refractivity contribution is 0.0546. The summed E-state index contributed by atoms with van der Waals surface area (Å²) in [5.74, 6) is 0.349. The van der Waals surface area contributed by atoms with E-state index in [2.05, 4.69) is 41.9 Å². The van der Waals surface area contributed by atoms with E-state index < -0.39 is 24.3 Å². The third kappa shape index (κ3) is 4.44. The number of anilines is 2. The Balaban J connectivity index is 1.19. The smallest absolute Gasteiger partial charge is 0.407 e. The molecule has 0 unspecified atom stereocenters. The van der Waals surface area contributed by atoms with Crippen LogP contribution in [-0.4, -0.2) is 53.5 Å². The number of nitrogens with one attached hydrogen (secondary N) is 3. The Labute approximate surface area is 211 Å². The zero-order valence-corrected chi connectivity index (χ0v) is 20.0. The maximum Gasteiger partial charge on any atom is 0.407 e. The molecule has 1 amide bonds. The van der Waals surface area contributed by atoms with Crippen LogP contribution in [-0.2, 0) is 4.74 Å². The van der Waals surface area contributed by atoms with Crippen molar-refractivity contribution in [2.75, 3.05) is 5.32 Å². The molecule has 2 fully saturated rings. The molecule has 4 aromatic heterocycles. The van der Waals surface area contributed by atoms with Gasteiger partial charge in [-0.2, -0.15) is 10.4 Å². The highest BCUT2D eigenvalue weighted by atomic mass is 19.1. The first kappa shape index (κ1) is 22.9. The number of ether oxygens (including phenoxy) is 1. The standard InChI is InChI=1S/C25H24FN9O2/c1-25(6-7-25)32-24(36)37-19-5-4-16(21(19)26)18-9-20(34-33-18)31-23-29-12-17(14-3-2-8-28-11-14)22-30-15(10-27)13-35(22)23/h2-3,8-9,11-13,16,19,21H,4-7H2,1H3,(H,32,36)(H2,29,31,33,34)/t16-,19-,21+/m1/s1. The van der Waals surface area contributed by atoms with Crippen LogP contribution in [0.15, 0.2) is 43.0 Å². The maximum absolute atomic E-state index is 15.2. The van der Waals surface area contributed by atoms with Gasteiger partial charge in [-0.05, 0) is 38.7 Å². The molecule has 0 aromatic carbocycles. The summed E-state index contributed by atoms with van der Waals surface area (Å²) in [5, 5.41) is 22.5. The molecule has 4 heterocycles. The first-order valence-corrected chi connectivity index (χ1v) is 12.1. The van der Waals surface area contributed by atoms with Gasteiger partial charge >= 0.3 is 6.09 Å². The topological polar surface area (TPSA) is 146 Å². The van der Waals surface area contributed by atoms with Crippen molar-refractivity contribution in [1.82, 2.24) is 34.9 Å². The van der Waals surface area contributed by atoms with Crippen LogP contribution in [0.4, 0.5) is 21.0 Å². The number of nitrogens with zero attached hydrogens (tertiary/aromatic N) is 6. The molecule has 3 N–H and O–H groups in total. The molecule has 37 heavy (non-hydrogen) atoms. The molecule has 2 aliphatic rings. The second-order valence-corrected chi connectivity index (χ2v) is 9.76. The number of alkyl carbamates (subject to hydrolysis) is 1. The number of imidazole rings is 1. The van der Waals surface area contributed by atoms with Gasteiger partial charge in [0.1, 0.15) is 18.3 Å². The third-order valence-corrected chi connectivity index (χ3v) is 6.98. The molecule has 2 saturated carbocycles. The van der Waals surface area contributed by atoms with Crippen molar-refractivity contribution in [2.24, 2.45) is 0 Å². The van der Waals surface area contributed by atoms with Gasteiger partial charge < -0.3 is 15.4 Å². The van der Waals surface area contributed by atoms with E-state index in [-0.39, 0.29) is 11.2 Å². The summed E-state index contributed by atoms with van der Waals surface area (Å²) in [5.41, 5.74) is 2.69. The molecule has 3 atom stereocenters. The van der Waals surface area contributed by atoms with Gasteiger partial charge in [-0.3, -0.25) is 14.5 Å². The van der Waals surface area contributed by atoms with Crippen LogP contribution in [0.25, 0.3) is 16.8 Å². The first-order chi connectivity index (χ1) is 17.9. The van der Waals surface area contributed by atoms with E-state index in [1.807, 2.05) is 19.1 Å². The van der Waals surface area contributed by atoms with E-state index in [9.17, 15) is 10.1 Å². The first-order valence-electron chi connectivity index (χ1n) is 12.1. The van der Waals surface area contributed by atoms with E-state index >= 15 is 4.39 Å². The quantitative estimate of drug-likeness (QED) is 0.359. The molecule has 12 heteroatoms. The monoisotopic (exact) mass is 501 g/mol. The molecule has 0 aliphatic heterocycles. The van der Waals surface area contributed by atoms with Gasteiger partial charge in [0.25, 0.3) is 0 Å². The Morgan fingerprint density at radius 2 is 2.22 bits per heavy atom. The molecule has 2 aliphatic carbocycles. The second-order valence-electron chi connectivity index (χ2n) is 9.76. The Hall–Kier alpha value is -4.53. The highest BCUT2D eigenvalue weighted by Gasteiger charge is 2.43. The Morgan fingerprint density at radius 1 is 1.35 bits per heavy atom. The minimum atomic E-state index is -1.35. The van der Waals surface area contributed by atoms with Gasteiger partial charge in [-0.25, -0.2) is 19.2 Å². The second kappa shape index (κ2) is 8.85. The molecule has 188 valence electrons. The van der Waals surface area contributed by atoms with Crippen molar-refractivity contribution in [1.29, 1.82) is 5.26 Å². The predicted octanol–water partition coefficient (Wildman–Crippen LogP) is 3.99. The molecule has 0 saturated heterocycles. The van der Waals surface area contributed by atoms with Crippen LogP contribution in [0.2, 0.25) is 0 Å². The van der Waals surface area contributed by atoms with Gasteiger partial charge in [-0.15, -0.1) is 0 Å². The zero-order chi connectivity index (χ0) is 25.6. The number of aromatic amines is 1. The van der Waals surface area contributed by atoms with E-state index in [4.69, 9.17) is 4.74 Å². The highest BCUT2D eigenvalue weighted by Crippen LogP contribution is 2.39. The number of carbonyl (C=O) groups excluding carboxylic acids is 1. The van der Waals surface area contributed by atoms with Crippen molar-refractivity contribution >= 4 is 23.5 Å². The predicted molar refractivity (Wildman–Crippen MR) is 131 cm³/mol. The van der Waals surface area contributed by atoms with Crippen molar-refractivity contribution < 1.29 is 13.9 Å². The van der Waals surface area contributed by atoms with Gasteiger partial charge in [0.15, 0.2) is 17.2 Å². The number of hydrogen-bond donors (Lipinski definition) is 3. The van der Waals surface area contributed by atoms with Crippen LogP contribution in [0, 0.1) is 11.3 Å². The summed E-state index contributed by atoms with van der Waals surface area (Å²) in [6, 6.07) is 7.48. The summed E-state index contributed by atoms with van der Waals surface area (Å²) in [4.78, 5) is 25.2. The van der Waals surface area contributed by atoms with E-state index in [0.717, 1.165) is 24.0 Å². The fourth-order valence-corrected chi connectivity index (χ4v) is 4.65. The number of nitriles is 1. The Bertz CT molecular complexity index is 1510. The summed E-state index contributed by atoms with van der Waals surface area (Å²) in [6.45, 7) is 1.94. The highest BCUT2D eigenvalue weighted by molar-refractivity contribution is 5.78. The van der Waals surface area contributed by atoms with Crippen LogP contribution in [0.3, 0.4) is 0 Å². The van der Waals surface area contributed by atoms with Crippen LogP contribution in [0.1, 0.15) is 49.9 Å². The molecule has 0 radical (unpaired) electrons. The minimum absolute atomic E-state index is 0.219. The number of rotatable bonds is 6. The molecule has 6 rings (SSSR count). The van der Waals surface area contributed by atoms with Crippen molar-refractivity contribution in [3.05, 3.63) is 54.4 Å². The van der Waals surface area contributed by atoms with E-state index in [1.54, 1.807) is 35.3 Å². The van der Waals surface area contributed by atoms with Gasteiger partial charge in [-0.1, -0.05) is 6.07 Å². The largest absolute Gasteiger partial charge is 0.443 e. The lowest BCUT2D eigenvalue weighted by Gasteiger charge is -2.19.